The number of fused-ring (bicyclic) bond motifs is 1. The Kier molecular flexibility index (Phi) is 6.85. The van der Waals surface area contributed by atoms with Gasteiger partial charge in [0.1, 0.15) is 5.60 Å². The van der Waals surface area contributed by atoms with Crippen LogP contribution in [0.1, 0.15) is 46.1 Å². The Morgan fingerprint density at radius 3 is 2.58 bits per heavy atom. The topological polar surface area (TPSA) is 78.2 Å². The summed E-state index contributed by atoms with van der Waals surface area (Å²) < 4.78 is 46.4. The molecule has 0 spiro atoms. The summed E-state index contributed by atoms with van der Waals surface area (Å²) in [5.41, 5.74) is -1.17. The van der Waals surface area contributed by atoms with E-state index >= 15 is 0 Å². The number of rotatable bonds is 6. The van der Waals surface area contributed by atoms with Crippen LogP contribution in [0.4, 0.5) is 18.0 Å². The fraction of sp³-hybridized carbons (Fsp3) is 0.435. The minimum atomic E-state index is -4.47. The lowest BCUT2D eigenvalue weighted by Crippen LogP contribution is -2.37. The Morgan fingerprint density at radius 2 is 1.94 bits per heavy atom. The number of carbonyl (C=O) groups is 1. The van der Waals surface area contributed by atoms with Crippen molar-refractivity contribution in [1.82, 2.24) is 19.7 Å². The molecule has 3 aromatic rings. The molecule has 1 amide bonds. The molecular formula is C23H27F3N4O3. The Morgan fingerprint density at radius 1 is 1.21 bits per heavy atom. The van der Waals surface area contributed by atoms with E-state index in [2.05, 4.69) is 10.4 Å². The summed E-state index contributed by atoms with van der Waals surface area (Å²) in [6.45, 7) is 7.71. The Labute approximate surface area is 189 Å². The van der Waals surface area contributed by atoms with Crippen molar-refractivity contribution in [3.63, 3.8) is 0 Å². The standard InChI is InChI=1S/C23H27F3N4O3/c1-15(28-21(32)33-22(2,3)4)6-5-10-29-11-9-16-12-18(7-8-19(16)20(29)31)30-14-17(13-27-30)23(24,25)26/h7-9,11-15H,5-6,10H2,1-4H3,(H,28,32)/t15-/m0/s1. The van der Waals surface area contributed by atoms with Crippen molar-refractivity contribution in [2.45, 2.75) is 64.9 Å². The van der Waals surface area contributed by atoms with E-state index in [-0.39, 0.29) is 11.6 Å². The van der Waals surface area contributed by atoms with Gasteiger partial charge in [-0.1, -0.05) is 0 Å². The van der Waals surface area contributed by atoms with Crippen molar-refractivity contribution in [3.05, 3.63) is 58.8 Å². The molecule has 1 N–H and O–H groups in total. The van der Waals surface area contributed by atoms with Crippen molar-refractivity contribution in [2.75, 3.05) is 0 Å². The number of hydrogen-bond donors (Lipinski definition) is 1. The maximum Gasteiger partial charge on any atom is 0.419 e. The molecule has 0 saturated carbocycles. The van der Waals surface area contributed by atoms with Gasteiger partial charge in [0, 0.05) is 30.4 Å². The second-order valence-corrected chi connectivity index (χ2v) is 8.95. The molecule has 33 heavy (non-hydrogen) atoms. The van der Waals surface area contributed by atoms with Crippen LogP contribution in [0.5, 0.6) is 0 Å². The van der Waals surface area contributed by atoms with E-state index in [1.165, 1.54) is 0 Å². The van der Waals surface area contributed by atoms with E-state index in [4.69, 9.17) is 4.74 Å². The summed E-state index contributed by atoms with van der Waals surface area (Å²) in [6, 6.07) is 6.41. The van der Waals surface area contributed by atoms with Crippen molar-refractivity contribution in [1.29, 1.82) is 0 Å². The van der Waals surface area contributed by atoms with Crippen LogP contribution in [0.15, 0.2) is 47.7 Å². The number of amides is 1. The number of halogens is 3. The molecule has 178 valence electrons. The molecule has 7 nitrogen and oxygen atoms in total. The van der Waals surface area contributed by atoms with E-state index < -0.39 is 23.4 Å². The molecule has 0 aliphatic heterocycles. The fourth-order valence-corrected chi connectivity index (χ4v) is 3.35. The molecule has 2 aromatic heterocycles. The van der Waals surface area contributed by atoms with E-state index in [1.807, 2.05) is 6.92 Å². The van der Waals surface area contributed by atoms with E-state index in [0.29, 0.717) is 35.8 Å². The molecular weight excluding hydrogens is 437 g/mol. The van der Waals surface area contributed by atoms with Gasteiger partial charge in [0.2, 0.25) is 0 Å². The van der Waals surface area contributed by atoms with Crippen molar-refractivity contribution in [3.8, 4) is 5.69 Å². The summed E-state index contributed by atoms with van der Waals surface area (Å²) >= 11 is 0. The summed E-state index contributed by atoms with van der Waals surface area (Å²) in [5, 5.41) is 7.62. The van der Waals surface area contributed by atoms with Gasteiger partial charge in [0.05, 0.1) is 17.4 Å². The van der Waals surface area contributed by atoms with Crippen LogP contribution in [0, 0.1) is 0 Å². The molecule has 0 aliphatic rings. The summed E-state index contributed by atoms with van der Waals surface area (Å²) in [5.74, 6) is 0. The molecule has 0 unspecified atom stereocenters. The van der Waals surface area contributed by atoms with E-state index in [1.54, 1.807) is 55.8 Å². The number of pyridine rings is 1. The van der Waals surface area contributed by atoms with E-state index in [0.717, 1.165) is 17.1 Å². The first-order valence-corrected chi connectivity index (χ1v) is 10.6. The normalized spacial score (nSPS) is 13.2. The number of aryl methyl sites for hydroxylation is 1. The number of carbonyl (C=O) groups excluding carboxylic acids is 1. The summed E-state index contributed by atoms with van der Waals surface area (Å²) in [6.07, 6.45) is -0.297. The zero-order chi connectivity index (χ0) is 24.4. The number of nitrogens with zero attached hydrogens (tertiary/aromatic N) is 3. The van der Waals surface area contributed by atoms with Gasteiger partial charge in [0.25, 0.3) is 5.56 Å². The van der Waals surface area contributed by atoms with Gasteiger partial charge in [-0.3, -0.25) is 4.79 Å². The predicted molar refractivity (Wildman–Crippen MR) is 118 cm³/mol. The largest absolute Gasteiger partial charge is 0.444 e. The van der Waals surface area contributed by atoms with Crippen LogP contribution in [-0.4, -0.2) is 32.1 Å². The minimum absolute atomic E-state index is 0.116. The SMILES string of the molecule is C[C@@H](CCCn1ccc2cc(-n3cc(C(F)(F)F)cn3)ccc2c1=O)NC(=O)OC(C)(C)C. The molecule has 1 aromatic carbocycles. The molecule has 2 heterocycles. The van der Waals surface area contributed by atoms with Crippen LogP contribution in [0.2, 0.25) is 0 Å². The van der Waals surface area contributed by atoms with Crippen LogP contribution in [0.3, 0.4) is 0 Å². The number of alkyl carbamates (subject to hydrolysis) is 1. The first-order chi connectivity index (χ1) is 15.3. The fourth-order valence-electron chi connectivity index (χ4n) is 3.35. The van der Waals surface area contributed by atoms with Gasteiger partial charge < -0.3 is 14.6 Å². The number of nitrogens with one attached hydrogen (secondary N) is 1. The third-order valence-corrected chi connectivity index (χ3v) is 4.93. The predicted octanol–water partition coefficient (Wildman–Crippen LogP) is 4.90. The van der Waals surface area contributed by atoms with Gasteiger partial charge in [-0.15, -0.1) is 0 Å². The first-order valence-electron chi connectivity index (χ1n) is 10.6. The molecule has 0 saturated heterocycles. The highest BCUT2D eigenvalue weighted by atomic mass is 19.4. The number of ether oxygens (including phenoxy) is 1. The highest BCUT2D eigenvalue weighted by Gasteiger charge is 2.32. The lowest BCUT2D eigenvalue weighted by molar-refractivity contribution is -0.137. The monoisotopic (exact) mass is 464 g/mol. The highest BCUT2D eigenvalue weighted by Crippen LogP contribution is 2.29. The number of aromatic nitrogens is 3. The minimum Gasteiger partial charge on any atom is -0.444 e. The average Bonchev–Trinajstić information content (AvgIpc) is 3.18. The Balaban J connectivity index is 1.65. The molecule has 0 fully saturated rings. The maximum atomic E-state index is 12.8. The average molecular weight is 464 g/mol. The molecule has 0 bridgehead atoms. The quantitative estimate of drug-likeness (QED) is 0.563. The molecule has 0 radical (unpaired) electrons. The van der Waals surface area contributed by atoms with Gasteiger partial charge in [-0.25, -0.2) is 9.48 Å². The Bertz CT molecular complexity index is 1190. The van der Waals surface area contributed by atoms with Gasteiger partial charge in [-0.2, -0.15) is 18.3 Å². The second kappa shape index (κ2) is 9.29. The second-order valence-electron chi connectivity index (χ2n) is 8.95. The number of alkyl halides is 3. The number of hydrogen-bond acceptors (Lipinski definition) is 4. The van der Waals surface area contributed by atoms with Crippen LogP contribution >= 0.6 is 0 Å². The van der Waals surface area contributed by atoms with Gasteiger partial charge >= 0.3 is 12.3 Å². The molecule has 3 rings (SSSR count). The highest BCUT2D eigenvalue weighted by molar-refractivity contribution is 5.83. The van der Waals surface area contributed by atoms with Crippen molar-refractivity contribution in [2.24, 2.45) is 0 Å². The van der Waals surface area contributed by atoms with Crippen LogP contribution in [-0.2, 0) is 17.5 Å². The maximum absolute atomic E-state index is 12.8. The van der Waals surface area contributed by atoms with Crippen LogP contribution < -0.4 is 10.9 Å². The van der Waals surface area contributed by atoms with Gasteiger partial charge in [-0.05, 0) is 70.2 Å². The van der Waals surface area contributed by atoms with E-state index in [9.17, 15) is 22.8 Å². The van der Waals surface area contributed by atoms with Crippen molar-refractivity contribution >= 4 is 16.9 Å². The van der Waals surface area contributed by atoms with Gasteiger partial charge in [0.15, 0.2) is 0 Å². The third kappa shape index (κ3) is 6.36. The lowest BCUT2D eigenvalue weighted by atomic mass is 10.1. The summed E-state index contributed by atoms with van der Waals surface area (Å²) in [7, 11) is 0. The third-order valence-electron chi connectivity index (χ3n) is 4.93. The zero-order valence-electron chi connectivity index (χ0n) is 18.9. The molecule has 1 atom stereocenters. The van der Waals surface area contributed by atoms with Crippen LogP contribution in [0.25, 0.3) is 16.5 Å². The summed E-state index contributed by atoms with van der Waals surface area (Å²) in [4.78, 5) is 24.7. The lowest BCUT2D eigenvalue weighted by Gasteiger charge is -2.22. The zero-order valence-corrected chi connectivity index (χ0v) is 18.9. The smallest absolute Gasteiger partial charge is 0.419 e. The molecule has 0 aliphatic carbocycles. The van der Waals surface area contributed by atoms with Crippen molar-refractivity contribution < 1.29 is 22.7 Å². The first kappa shape index (κ1) is 24.3. The Hall–Kier alpha value is -3.30. The molecule has 10 heteroatoms. The number of benzene rings is 1.